The molecule has 0 aliphatic carbocycles. The van der Waals surface area contributed by atoms with E-state index in [-0.39, 0.29) is 11.6 Å². The van der Waals surface area contributed by atoms with Gasteiger partial charge in [-0.15, -0.1) is 6.42 Å². The van der Waals surface area contributed by atoms with Gasteiger partial charge in [-0.25, -0.2) is 9.78 Å². The minimum Gasteiger partial charge on any atom is -0.476 e. The molecule has 1 rings (SSSR count). The zero-order chi connectivity index (χ0) is 10.6. The SMILES string of the molecule is C#CC(C)Oc1cncc(C(=O)O)n1. The number of carbonyl (C=O) groups is 1. The summed E-state index contributed by atoms with van der Waals surface area (Å²) in [5.74, 6) is 1.28. The van der Waals surface area contributed by atoms with Crippen LogP contribution in [0.25, 0.3) is 0 Å². The highest BCUT2D eigenvalue weighted by molar-refractivity contribution is 5.84. The van der Waals surface area contributed by atoms with Gasteiger partial charge in [0.15, 0.2) is 11.8 Å². The fraction of sp³-hybridized carbons (Fsp3) is 0.222. The van der Waals surface area contributed by atoms with Crippen LogP contribution in [0.3, 0.4) is 0 Å². The third-order valence-corrected chi connectivity index (χ3v) is 1.36. The smallest absolute Gasteiger partial charge is 0.356 e. The number of nitrogens with zero attached hydrogens (tertiary/aromatic N) is 2. The van der Waals surface area contributed by atoms with E-state index in [0.717, 1.165) is 6.20 Å². The Hall–Kier alpha value is -2.09. The van der Waals surface area contributed by atoms with Gasteiger partial charge in [0, 0.05) is 0 Å². The second-order valence-corrected chi connectivity index (χ2v) is 2.47. The lowest BCUT2D eigenvalue weighted by Crippen LogP contribution is -2.11. The lowest BCUT2D eigenvalue weighted by molar-refractivity contribution is 0.0688. The lowest BCUT2D eigenvalue weighted by Gasteiger charge is -2.06. The van der Waals surface area contributed by atoms with Crippen LogP contribution in [-0.2, 0) is 0 Å². The highest BCUT2D eigenvalue weighted by Crippen LogP contribution is 2.06. The number of hydrogen-bond donors (Lipinski definition) is 1. The monoisotopic (exact) mass is 192 g/mol. The summed E-state index contributed by atoms with van der Waals surface area (Å²) in [7, 11) is 0. The van der Waals surface area contributed by atoms with Gasteiger partial charge in [-0.05, 0) is 6.92 Å². The molecular formula is C9H8N2O3. The topological polar surface area (TPSA) is 72.3 Å². The molecule has 0 fully saturated rings. The first-order valence-electron chi connectivity index (χ1n) is 3.81. The second kappa shape index (κ2) is 4.23. The van der Waals surface area contributed by atoms with E-state index in [0.29, 0.717) is 0 Å². The highest BCUT2D eigenvalue weighted by Gasteiger charge is 2.07. The van der Waals surface area contributed by atoms with Gasteiger partial charge >= 0.3 is 5.97 Å². The number of aromatic carboxylic acids is 1. The molecule has 1 unspecified atom stereocenters. The molecule has 0 aliphatic heterocycles. The maximum atomic E-state index is 10.5. The van der Waals surface area contributed by atoms with E-state index in [1.165, 1.54) is 6.20 Å². The Morgan fingerprint density at radius 2 is 2.43 bits per heavy atom. The fourth-order valence-electron chi connectivity index (χ4n) is 0.723. The summed E-state index contributed by atoms with van der Waals surface area (Å²) in [5, 5.41) is 8.60. The van der Waals surface area contributed by atoms with Gasteiger partial charge in [-0.2, -0.15) is 0 Å². The zero-order valence-corrected chi connectivity index (χ0v) is 7.47. The van der Waals surface area contributed by atoms with E-state index >= 15 is 0 Å². The molecule has 1 aromatic rings. The summed E-state index contributed by atoms with van der Waals surface area (Å²) in [4.78, 5) is 17.8. The zero-order valence-electron chi connectivity index (χ0n) is 7.47. The Morgan fingerprint density at radius 3 is 3.00 bits per heavy atom. The van der Waals surface area contributed by atoms with Crippen LogP contribution in [0.1, 0.15) is 17.4 Å². The van der Waals surface area contributed by atoms with Gasteiger partial charge in [0.1, 0.15) is 0 Å². The molecule has 5 nitrogen and oxygen atoms in total. The van der Waals surface area contributed by atoms with E-state index in [4.69, 9.17) is 16.3 Å². The highest BCUT2D eigenvalue weighted by atomic mass is 16.5. The van der Waals surface area contributed by atoms with Crippen LogP contribution in [0.5, 0.6) is 5.88 Å². The summed E-state index contributed by atoms with van der Waals surface area (Å²) < 4.78 is 5.08. The van der Waals surface area contributed by atoms with Crippen LogP contribution < -0.4 is 4.74 Å². The Morgan fingerprint density at radius 1 is 1.71 bits per heavy atom. The summed E-state index contributed by atoms with van der Waals surface area (Å²) in [6.45, 7) is 1.65. The van der Waals surface area contributed by atoms with Crippen molar-refractivity contribution in [3.05, 3.63) is 18.1 Å². The van der Waals surface area contributed by atoms with Crippen molar-refractivity contribution in [1.82, 2.24) is 9.97 Å². The number of ether oxygens (including phenoxy) is 1. The number of carboxylic acid groups (broad SMARTS) is 1. The number of rotatable bonds is 3. The molecule has 14 heavy (non-hydrogen) atoms. The van der Waals surface area contributed by atoms with E-state index < -0.39 is 12.1 Å². The lowest BCUT2D eigenvalue weighted by atomic mass is 10.4. The number of carboxylic acids is 1. The summed E-state index contributed by atoms with van der Waals surface area (Å²) >= 11 is 0. The van der Waals surface area contributed by atoms with Crippen LogP contribution >= 0.6 is 0 Å². The van der Waals surface area contributed by atoms with Crippen LogP contribution in [0.15, 0.2) is 12.4 Å². The number of hydrogen-bond acceptors (Lipinski definition) is 4. The average molecular weight is 192 g/mol. The van der Waals surface area contributed by atoms with Crippen molar-refractivity contribution in [2.24, 2.45) is 0 Å². The molecule has 72 valence electrons. The van der Waals surface area contributed by atoms with Crippen molar-refractivity contribution in [2.45, 2.75) is 13.0 Å². The minimum absolute atomic E-state index is 0.107. The first kappa shape index (κ1) is 9.99. The predicted octanol–water partition coefficient (Wildman–Crippen LogP) is 0.575. The molecule has 0 bridgehead atoms. The Balaban J connectivity index is 2.85. The summed E-state index contributed by atoms with van der Waals surface area (Å²) in [6, 6.07) is 0. The van der Waals surface area contributed by atoms with Crippen molar-refractivity contribution in [3.63, 3.8) is 0 Å². The first-order valence-corrected chi connectivity index (χ1v) is 3.81. The van der Waals surface area contributed by atoms with Crippen molar-refractivity contribution >= 4 is 5.97 Å². The third kappa shape index (κ3) is 2.45. The molecule has 5 heteroatoms. The molecule has 0 aliphatic rings. The molecule has 1 heterocycles. The normalized spacial score (nSPS) is 11.4. The number of terminal acetylenes is 1. The van der Waals surface area contributed by atoms with Gasteiger partial charge in [-0.3, -0.25) is 4.98 Å². The molecule has 1 atom stereocenters. The molecule has 0 saturated carbocycles. The maximum absolute atomic E-state index is 10.5. The molecule has 0 aromatic carbocycles. The van der Waals surface area contributed by atoms with Crippen molar-refractivity contribution in [1.29, 1.82) is 0 Å². The van der Waals surface area contributed by atoms with Crippen molar-refractivity contribution < 1.29 is 14.6 Å². The van der Waals surface area contributed by atoms with Gasteiger partial charge in [0.25, 0.3) is 0 Å². The molecular weight excluding hydrogens is 184 g/mol. The molecule has 0 radical (unpaired) electrons. The predicted molar refractivity (Wildman–Crippen MR) is 47.9 cm³/mol. The van der Waals surface area contributed by atoms with Crippen LogP contribution in [-0.4, -0.2) is 27.1 Å². The minimum atomic E-state index is -1.16. The van der Waals surface area contributed by atoms with E-state index in [1.807, 2.05) is 0 Å². The maximum Gasteiger partial charge on any atom is 0.356 e. The van der Waals surface area contributed by atoms with Gasteiger partial charge in [0.05, 0.1) is 12.4 Å². The van der Waals surface area contributed by atoms with Crippen LogP contribution in [0.2, 0.25) is 0 Å². The second-order valence-electron chi connectivity index (χ2n) is 2.47. The average Bonchev–Trinajstić information content (AvgIpc) is 2.18. The van der Waals surface area contributed by atoms with Gasteiger partial charge in [-0.1, -0.05) is 5.92 Å². The number of aromatic nitrogens is 2. The van der Waals surface area contributed by atoms with Gasteiger partial charge in [0.2, 0.25) is 5.88 Å². The largest absolute Gasteiger partial charge is 0.476 e. The van der Waals surface area contributed by atoms with Gasteiger partial charge < -0.3 is 9.84 Å². The first-order chi connectivity index (χ1) is 6.63. The quantitative estimate of drug-likeness (QED) is 0.709. The van der Waals surface area contributed by atoms with Crippen molar-refractivity contribution in [3.8, 4) is 18.2 Å². The van der Waals surface area contributed by atoms with Crippen LogP contribution in [0.4, 0.5) is 0 Å². The van der Waals surface area contributed by atoms with E-state index in [9.17, 15) is 4.79 Å². The fourth-order valence-corrected chi connectivity index (χ4v) is 0.723. The Kier molecular flexibility index (Phi) is 3.02. The molecule has 1 aromatic heterocycles. The van der Waals surface area contributed by atoms with E-state index in [1.54, 1.807) is 6.92 Å². The summed E-state index contributed by atoms with van der Waals surface area (Å²) in [5.41, 5.74) is -0.174. The third-order valence-electron chi connectivity index (χ3n) is 1.36. The Bertz CT molecular complexity index is 384. The van der Waals surface area contributed by atoms with Crippen molar-refractivity contribution in [2.75, 3.05) is 0 Å². The molecule has 0 spiro atoms. The summed E-state index contributed by atoms with van der Waals surface area (Å²) in [6.07, 6.45) is 7.05. The molecule has 0 saturated heterocycles. The molecule has 1 N–H and O–H groups in total. The Labute approximate surface area is 80.8 Å². The molecule has 0 amide bonds. The van der Waals surface area contributed by atoms with Crippen LogP contribution in [0, 0.1) is 12.3 Å². The van der Waals surface area contributed by atoms with E-state index in [2.05, 4.69) is 15.9 Å². The standard InChI is InChI=1S/C9H8N2O3/c1-3-6(2)14-8-5-10-4-7(11-8)9(12)13/h1,4-6H,2H3,(H,12,13).